The minimum atomic E-state index is -0.202. The predicted molar refractivity (Wildman–Crippen MR) is 79.2 cm³/mol. The van der Waals surface area contributed by atoms with Crippen molar-refractivity contribution in [1.82, 2.24) is 29.1 Å². The molecule has 1 amide bonds. The lowest BCUT2D eigenvalue weighted by molar-refractivity contribution is -0.116. The molecule has 0 atom stereocenters. The number of fused-ring (bicyclic) bond motifs is 1. The summed E-state index contributed by atoms with van der Waals surface area (Å²) in [6.07, 6.45) is 6.35. The number of carbonyl (C=O) groups excluding carboxylic acids is 1. The highest BCUT2D eigenvalue weighted by Crippen LogP contribution is 2.05. The van der Waals surface area contributed by atoms with E-state index in [9.17, 15) is 9.59 Å². The molecule has 114 valence electrons. The van der Waals surface area contributed by atoms with Gasteiger partial charge in [0.2, 0.25) is 5.91 Å². The summed E-state index contributed by atoms with van der Waals surface area (Å²) in [4.78, 5) is 28.3. The van der Waals surface area contributed by atoms with E-state index in [1.165, 1.54) is 21.8 Å². The van der Waals surface area contributed by atoms with Gasteiger partial charge in [-0.15, -0.1) is 0 Å². The van der Waals surface area contributed by atoms with Gasteiger partial charge in [0, 0.05) is 33.3 Å². The van der Waals surface area contributed by atoms with E-state index in [2.05, 4.69) is 20.5 Å². The SMILES string of the molecule is Cn1cc(NC(=O)CCn2cnc3c(cnn3C)c2=O)cn1. The Balaban J connectivity index is 1.70. The Hall–Kier alpha value is -2.97. The molecule has 0 spiro atoms. The van der Waals surface area contributed by atoms with E-state index in [4.69, 9.17) is 0 Å². The lowest BCUT2D eigenvalue weighted by atomic mass is 10.3. The fourth-order valence-corrected chi connectivity index (χ4v) is 2.16. The molecule has 3 aromatic heterocycles. The van der Waals surface area contributed by atoms with E-state index in [0.717, 1.165) is 0 Å². The first-order chi connectivity index (χ1) is 10.5. The molecule has 0 aromatic carbocycles. The number of hydrogen-bond acceptors (Lipinski definition) is 5. The first-order valence-electron chi connectivity index (χ1n) is 6.70. The van der Waals surface area contributed by atoms with Crippen molar-refractivity contribution in [3.63, 3.8) is 0 Å². The second-order valence-corrected chi connectivity index (χ2v) is 4.95. The first kappa shape index (κ1) is 14.0. The maximum Gasteiger partial charge on any atom is 0.264 e. The van der Waals surface area contributed by atoms with Gasteiger partial charge < -0.3 is 5.32 Å². The summed E-state index contributed by atoms with van der Waals surface area (Å²) in [7, 11) is 3.49. The second-order valence-electron chi connectivity index (χ2n) is 4.95. The number of nitrogens with zero attached hydrogens (tertiary/aromatic N) is 6. The van der Waals surface area contributed by atoms with Crippen LogP contribution in [0.1, 0.15) is 6.42 Å². The van der Waals surface area contributed by atoms with E-state index < -0.39 is 0 Å². The number of carbonyl (C=O) groups is 1. The molecule has 0 saturated carbocycles. The van der Waals surface area contributed by atoms with Gasteiger partial charge in [0.1, 0.15) is 5.39 Å². The maximum atomic E-state index is 12.2. The Morgan fingerprint density at radius 1 is 1.27 bits per heavy atom. The summed E-state index contributed by atoms with van der Waals surface area (Å²) in [5.41, 5.74) is 0.953. The minimum Gasteiger partial charge on any atom is -0.323 e. The number of anilines is 1. The molecule has 1 N–H and O–H groups in total. The van der Waals surface area contributed by atoms with Crippen molar-refractivity contribution in [2.45, 2.75) is 13.0 Å². The van der Waals surface area contributed by atoms with Crippen LogP contribution in [0.15, 0.2) is 29.7 Å². The zero-order chi connectivity index (χ0) is 15.7. The molecule has 0 saturated heterocycles. The van der Waals surface area contributed by atoms with Gasteiger partial charge in [-0.05, 0) is 0 Å². The highest BCUT2D eigenvalue weighted by molar-refractivity contribution is 5.90. The Morgan fingerprint density at radius 2 is 2.09 bits per heavy atom. The van der Waals surface area contributed by atoms with Crippen LogP contribution in [0, 0.1) is 0 Å². The summed E-state index contributed by atoms with van der Waals surface area (Å²) < 4.78 is 4.55. The third-order valence-corrected chi connectivity index (χ3v) is 3.29. The summed E-state index contributed by atoms with van der Waals surface area (Å²) in [6.45, 7) is 0.253. The van der Waals surface area contributed by atoms with Gasteiger partial charge in [0.05, 0.1) is 24.4 Å². The number of nitrogens with one attached hydrogen (secondary N) is 1. The largest absolute Gasteiger partial charge is 0.323 e. The van der Waals surface area contributed by atoms with Crippen LogP contribution in [0.3, 0.4) is 0 Å². The molecule has 0 bridgehead atoms. The number of aryl methyl sites for hydroxylation is 3. The number of amides is 1. The molecule has 3 aromatic rings. The van der Waals surface area contributed by atoms with E-state index >= 15 is 0 Å². The highest BCUT2D eigenvalue weighted by Gasteiger charge is 2.10. The Labute approximate surface area is 125 Å². The second kappa shape index (κ2) is 5.43. The Morgan fingerprint density at radius 3 is 2.82 bits per heavy atom. The fraction of sp³-hybridized carbons (Fsp3) is 0.308. The molecule has 0 unspecified atom stereocenters. The van der Waals surface area contributed by atoms with Gasteiger partial charge in [-0.3, -0.25) is 23.5 Å². The third-order valence-electron chi connectivity index (χ3n) is 3.29. The Kier molecular flexibility index (Phi) is 3.45. The maximum absolute atomic E-state index is 12.2. The molecule has 3 heterocycles. The van der Waals surface area contributed by atoms with Crippen molar-refractivity contribution in [1.29, 1.82) is 0 Å². The quantitative estimate of drug-likeness (QED) is 0.725. The van der Waals surface area contributed by atoms with Gasteiger partial charge >= 0.3 is 0 Å². The van der Waals surface area contributed by atoms with Crippen LogP contribution >= 0.6 is 0 Å². The third kappa shape index (κ3) is 2.60. The van der Waals surface area contributed by atoms with Crippen LogP contribution in [-0.2, 0) is 25.4 Å². The van der Waals surface area contributed by atoms with Crippen LogP contribution in [0.25, 0.3) is 11.0 Å². The monoisotopic (exact) mass is 301 g/mol. The molecule has 0 aliphatic rings. The molecule has 0 fully saturated rings. The lowest BCUT2D eigenvalue weighted by Gasteiger charge is -2.05. The van der Waals surface area contributed by atoms with E-state index in [-0.39, 0.29) is 24.4 Å². The standard InChI is InChI=1S/C13H15N7O2/c1-18-7-9(5-15-18)17-11(21)3-4-20-8-14-12-10(13(20)22)6-16-19(12)2/h5-8H,3-4H2,1-2H3,(H,17,21). The highest BCUT2D eigenvalue weighted by atomic mass is 16.2. The topological polar surface area (TPSA) is 99.6 Å². The van der Waals surface area contributed by atoms with Crippen molar-refractivity contribution in [3.8, 4) is 0 Å². The van der Waals surface area contributed by atoms with Crippen LogP contribution in [0.5, 0.6) is 0 Å². The molecule has 9 nitrogen and oxygen atoms in total. The molecule has 0 radical (unpaired) electrons. The smallest absolute Gasteiger partial charge is 0.264 e. The van der Waals surface area contributed by atoms with Crippen LogP contribution in [0.4, 0.5) is 5.69 Å². The van der Waals surface area contributed by atoms with Crippen LogP contribution in [0.2, 0.25) is 0 Å². The fourth-order valence-electron chi connectivity index (χ4n) is 2.16. The van der Waals surface area contributed by atoms with Gasteiger partial charge in [0.25, 0.3) is 5.56 Å². The molecular weight excluding hydrogens is 286 g/mol. The molecule has 22 heavy (non-hydrogen) atoms. The van der Waals surface area contributed by atoms with Crippen molar-refractivity contribution in [3.05, 3.63) is 35.3 Å². The van der Waals surface area contributed by atoms with Crippen molar-refractivity contribution in [2.24, 2.45) is 14.1 Å². The van der Waals surface area contributed by atoms with Gasteiger partial charge in [-0.1, -0.05) is 0 Å². The summed E-state index contributed by atoms with van der Waals surface area (Å²) in [5.74, 6) is -0.189. The first-order valence-corrected chi connectivity index (χ1v) is 6.70. The number of hydrogen-bond donors (Lipinski definition) is 1. The molecular formula is C13H15N7O2. The average molecular weight is 301 g/mol. The van der Waals surface area contributed by atoms with Crippen molar-refractivity contribution >= 4 is 22.6 Å². The van der Waals surface area contributed by atoms with Crippen LogP contribution in [-0.4, -0.2) is 35.0 Å². The van der Waals surface area contributed by atoms with Crippen molar-refractivity contribution < 1.29 is 4.79 Å². The zero-order valence-electron chi connectivity index (χ0n) is 12.2. The molecule has 3 rings (SSSR count). The van der Waals surface area contributed by atoms with E-state index in [0.29, 0.717) is 16.7 Å². The van der Waals surface area contributed by atoms with Gasteiger partial charge in [-0.2, -0.15) is 10.2 Å². The summed E-state index contributed by atoms with van der Waals surface area (Å²) in [5, 5.41) is 11.1. The predicted octanol–water partition coefficient (Wildman–Crippen LogP) is -0.108. The van der Waals surface area contributed by atoms with Gasteiger partial charge in [0.15, 0.2) is 5.65 Å². The summed E-state index contributed by atoms with van der Waals surface area (Å²) >= 11 is 0. The van der Waals surface area contributed by atoms with Crippen molar-refractivity contribution in [2.75, 3.05) is 5.32 Å². The number of rotatable bonds is 4. The zero-order valence-corrected chi connectivity index (χ0v) is 12.2. The molecule has 9 heteroatoms. The normalized spacial score (nSPS) is 11.0. The van der Waals surface area contributed by atoms with Gasteiger partial charge in [-0.25, -0.2) is 4.98 Å². The Bertz CT molecular complexity index is 889. The van der Waals surface area contributed by atoms with Crippen LogP contribution < -0.4 is 10.9 Å². The minimum absolute atomic E-state index is 0.169. The van der Waals surface area contributed by atoms with E-state index in [1.807, 2.05) is 0 Å². The molecule has 0 aliphatic heterocycles. The molecule has 0 aliphatic carbocycles. The summed E-state index contributed by atoms with van der Waals surface area (Å²) in [6, 6.07) is 0. The lowest BCUT2D eigenvalue weighted by Crippen LogP contribution is -2.23. The average Bonchev–Trinajstić information content (AvgIpc) is 3.05. The number of aromatic nitrogens is 6. The van der Waals surface area contributed by atoms with E-state index in [1.54, 1.807) is 31.2 Å².